The second kappa shape index (κ2) is 8.61. The molecular weight excluding hydrogens is 394 g/mol. The number of benzene rings is 2. The molecule has 0 unspecified atom stereocenters. The van der Waals surface area contributed by atoms with Gasteiger partial charge in [0.05, 0.1) is 6.42 Å². The van der Waals surface area contributed by atoms with Gasteiger partial charge >= 0.3 is 0 Å². The minimum atomic E-state index is -0.384. The Morgan fingerprint density at radius 2 is 1.88 bits per heavy atom. The van der Waals surface area contributed by atoms with E-state index in [0.29, 0.717) is 22.0 Å². The van der Waals surface area contributed by atoms with Crippen LogP contribution in [0.1, 0.15) is 23.7 Å². The van der Waals surface area contributed by atoms with Crippen molar-refractivity contribution >= 4 is 50.7 Å². The number of halogens is 2. The van der Waals surface area contributed by atoms with Gasteiger partial charge in [0.15, 0.2) is 0 Å². The summed E-state index contributed by atoms with van der Waals surface area (Å²) in [6.07, 6.45) is 0.0753. The van der Waals surface area contributed by atoms with Crippen LogP contribution < -0.4 is 10.7 Å². The SMILES string of the molecule is C/C(CC(=O)Nc1ccc(Br)cc1)=N\NC(=O)c1cccc(Cl)c1. The topological polar surface area (TPSA) is 70.6 Å². The Labute approximate surface area is 153 Å². The molecule has 0 fully saturated rings. The summed E-state index contributed by atoms with van der Waals surface area (Å²) in [5.74, 6) is -0.597. The lowest BCUT2D eigenvalue weighted by molar-refractivity contribution is -0.115. The fourth-order valence-corrected chi connectivity index (χ4v) is 2.31. The smallest absolute Gasteiger partial charge is 0.271 e. The fraction of sp³-hybridized carbons (Fsp3) is 0.118. The number of rotatable bonds is 5. The van der Waals surface area contributed by atoms with Gasteiger partial charge in [0.25, 0.3) is 5.91 Å². The molecule has 124 valence electrons. The molecule has 0 aliphatic heterocycles. The predicted molar refractivity (Wildman–Crippen MR) is 99.4 cm³/mol. The lowest BCUT2D eigenvalue weighted by atomic mass is 10.2. The molecule has 24 heavy (non-hydrogen) atoms. The van der Waals surface area contributed by atoms with Crippen molar-refractivity contribution in [2.24, 2.45) is 5.10 Å². The molecular formula is C17H15BrClN3O2. The van der Waals surface area contributed by atoms with Crippen LogP contribution in [0.4, 0.5) is 5.69 Å². The van der Waals surface area contributed by atoms with Crippen LogP contribution in [0, 0.1) is 0 Å². The first-order chi connectivity index (χ1) is 11.4. The number of nitrogens with zero attached hydrogens (tertiary/aromatic N) is 1. The van der Waals surface area contributed by atoms with Crippen LogP contribution in [0.15, 0.2) is 58.1 Å². The summed E-state index contributed by atoms with van der Waals surface area (Å²) in [7, 11) is 0. The highest BCUT2D eigenvalue weighted by Crippen LogP contribution is 2.14. The Morgan fingerprint density at radius 3 is 2.54 bits per heavy atom. The number of hydrogen-bond acceptors (Lipinski definition) is 3. The number of hydrogen-bond donors (Lipinski definition) is 2. The molecule has 0 bridgehead atoms. The number of amides is 2. The van der Waals surface area contributed by atoms with Crippen molar-refractivity contribution in [3.05, 3.63) is 63.6 Å². The Bertz CT molecular complexity index is 776. The van der Waals surface area contributed by atoms with Gasteiger partial charge in [-0.05, 0) is 49.4 Å². The number of nitrogens with one attached hydrogen (secondary N) is 2. The van der Waals surface area contributed by atoms with Crippen LogP contribution in [-0.2, 0) is 4.79 Å². The summed E-state index contributed by atoms with van der Waals surface area (Å²) in [4.78, 5) is 23.9. The predicted octanol–water partition coefficient (Wildman–Crippen LogP) is 4.24. The molecule has 2 N–H and O–H groups in total. The van der Waals surface area contributed by atoms with Crippen LogP contribution in [-0.4, -0.2) is 17.5 Å². The van der Waals surface area contributed by atoms with Gasteiger partial charge in [0, 0.05) is 26.5 Å². The van der Waals surface area contributed by atoms with Crippen molar-refractivity contribution < 1.29 is 9.59 Å². The molecule has 0 atom stereocenters. The molecule has 2 amide bonds. The van der Waals surface area contributed by atoms with E-state index < -0.39 is 0 Å². The molecule has 0 saturated carbocycles. The van der Waals surface area contributed by atoms with Crippen LogP contribution in [0.3, 0.4) is 0 Å². The normalized spacial score (nSPS) is 11.0. The molecule has 5 nitrogen and oxygen atoms in total. The number of hydrazone groups is 1. The molecule has 0 saturated heterocycles. The third kappa shape index (κ3) is 5.79. The van der Waals surface area contributed by atoms with Crippen molar-refractivity contribution in [3.63, 3.8) is 0 Å². The maximum Gasteiger partial charge on any atom is 0.271 e. The van der Waals surface area contributed by atoms with Gasteiger partial charge in [-0.25, -0.2) is 5.43 Å². The Kier molecular flexibility index (Phi) is 6.52. The fourth-order valence-electron chi connectivity index (χ4n) is 1.85. The minimum absolute atomic E-state index is 0.0753. The van der Waals surface area contributed by atoms with E-state index in [-0.39, 0.29) is 18.2 Å². The maximum absolute atomic E-state index is 11.9. The third-order valence-electron chi connectivity index (χ3n) is 2.98. The summed E-state index contributed by atoms with van der Waals surface area (Å²) < 4.78 is 0.932. The van der Waals surface area contributed by atoms with Crippen LogP contribution >= 0.6 is 27.5 Å². The summed E-state index contributed by atoms with van der Waals surface area (Å²) in [5.41, 5.74) is 3.99. The Hall–Kier alpha value is -2.18. The average molecular weight is 409 g/mol. The lowest BCUT2D eigenvalue weighted by Gasteiger charge is -2.06. The standard InChI is InChI=1S/C17H15BrClN3O2/c1-11(9-16(23)20-15-7-5-13(18)6-8-15)21-22-17(24)12-3-2-4-14(19)10-12/h2-8,10H,9H2,1H3,(H,20,23)(H,22,24)/b21-11+. The molecule has 7 heteroatoms. The van der Waals surface area contributed by atoms with E-state index in [4.69, 9.17) is 11.6 Å². The maximum atomic E-state index is 11.9. The Morgan fingerprint density at radius 1 is 1.17 bits per heavy atom. The van der Waals surface area contributed by atoms with Gasteiger partial charge < -0.3 is 5.32 Å². The molecule has 0 aliphatic carbocycles. The highest BCUT2D eigenvalue weighted by Gasteiger charge is 2.07. The van der Waals surface area contributed by atoms with Gasteiger partial charge in [-0.15, -0.1) is 0 Å². The molecule has 2 aromatic rings. The average Bonchev–Trinajstić information content (AvgIpc) is 2.54. The quantitative estimate of drug-likeness (QED) is 0.574. The second-order valence-corrected chi connectivity index (χ2v) is 6.38. The summed E-state index contributed by atoms with van der Waals surface area (Å²) >= 11 is 9.16. The number of anilines is 1. The Balaban J connectivity index is 1.87. The van der Waals surface area contributed by atoms with Gasteiger partial charge in [-0.3, -0.25) is 9.59 Å². The van der Waals surface area contributed by atoms with Gasteiger partial charge in [0.1, 0.15) is 0 Å². The zero-order valence-electron chi connectivity index (χ0n) is 12.8. The molecule has 2 aromatic carbocycles. The van der Waals surface area contributed by atoms with E-state index >= 15 is 0 Å². The summed E-state index contributed by atoms with van der Waals surface area (Å²) in [6.45, 7) is 1.67. The molecule has 0 heterocycles. The molecule has 0 radical (unpaired) electrons. The number of carbonyl (C=O) groups excluding carboxylic acids is 2. The lowest BCUT2D eigenvalue weighted by Crippen LogP contribution is -2.21. The first kappa shape index (κ1) is 18.2. The van der Waals surface area contributed by atoms with E-state index in [0.717, 1.165) is 4.47 Å². The van der Waals surface area contributed by atoms with Crippen LogP contribution in [0.2, 0.25) is 5.02 Å². The zero-order chi connectivity index (χ0) is 17.5. The highest BCUT2D eigenvalue weighted by molar-refractivity contribution is 9.10. The number of carbonyl (C=O) groups is 2. The summed E-state index contributed by atoms with van der Waals surface area (Å²) in [5, 5.41) is 7.16. The molecule has 0 spiro atoms. The van der Waals surface area contributed by atoms with E-state index in [1.165, 1.54) is 0 Å². The largest absolute Gasteiger partial charge is 0.326 e. The van der Waals surface area contributed by atoms with Gasteiger partial charge in [0.2, 0.25) is 5.91 Å². The highest BCUT2D eigenvalue weighted by atomic mass is 79.9. The molecule has 2 rings (SSSR count). The van der Waals surface area contributed by atoms with E-state index in [2.05, 4.69) is 31.8 Å². The van der Waals surface area contributed by atoms with Crippen molar-refractivity contribution in [2.75, 3.05) is 5.32 Å². The first-order valence-corrected chi connectivity index (χ1v) is 8.25. The van der Waals surface area contributed by atoms with Crippen molar-refractivity contribution in [2.45, 2.75) is 13.3 Å². The van der Waals surface area contributed by atoms with E-state index in [9.17, 15) is 9.59 Å². The van der Waals surface area contributed by atoms with Crippen molar-refractivity contribution in [1.29, 1.82) is 0 Å². The molecule has 0 aromatic heterocycles. The third-order valence-corrected chi connectivity index (χ3v) is 3.74. The first-order valence-electron chi connectivity index (χ1n) is 7.08. The van der Waals surface area contributed by atoms with Gasteiger partial charge in [-0.1, -0.05) is 33.6 Å². The monoisotopic (exact) mass is 407 g/mol. The molecule has 0 aliphatic rings. The van der Waals surface area contributed by atoms with Crippen molar-refractivity contribution in [1.82, 2.24) is 5.43 Å². The summed E-state index contributed by atoms with van der Waals surface area (Å²) in [6, 6.07) is 13.8. The van der Waals surface area contributed by atoms with Crippen LogP contribution in [0.25, 0.3) is 0 Å². The second-order valence-electron chi connectivity index (χ2n) is 5.03. The van der Waals surface area contributed by atoms with Crippen molar-refractivity contribution in [3.8, 4) is 0 Å². The van der Waals surface area contributed by atoms with Gasteiger partial charge in [-0.2, -0.15) is 5.10 Å². The van der Waals surface area contributed by atoms with E-state index in [1.54, 1.807) is 43.3 Å². The minimum Gasteiger partial charge on any atom is -0.326 e. The van der Waals surface area contributed by atoms with Crippen LogP contribution in [0.5, 0.6) is 0 Å². The zero-order valence-corrected chi connectivity index (χ0v) is 15.2. The van der Waals surface area contributed by atoms with E-state index in [1.807, 2.05) is 12.1 Å².